The van der Waals surface area contributed by atoms with Crippen molar-refractivity contribution in [1.29, 1.82) is 0 Å². The molecule has 1 aliphatic carbocycles. The number of carbonyl (C=O) groups is 3. The van der Waals surface area contributed by atoms with E-state index in [4.69, 9.17) is 0 Å². The first-order valence-corrected chi connectivity index (χ1v) is 12.1. The van der Waals surface area contributed by atoms with E-state index in [2.05, 4.69) is 21.7 Å². The minimum Gasteiger partial charge on any atom is -0.356 e. The Morgan fingerprint density at radius 2 is 1.79 bits per heavy atom. The highest BCUT2D eigenvalue weighted by molar-refractivity contribution is 6.04. The topological polar surface area (TPSA) is 94.3 Å². The van der Waals surface area contributed by atoms with Gasteiger partial charge in [0.25, 0.3) is 5.91 Å². The number of fused-ring (bicyclic) bond motifs is 7. The third-order valence-corrected chi connectivity index (χ3v) is 7.61. The van der Waals surface area contributed by atoms with E-state index in [0.29, 0.717) is 12.0 Å². The van der Waals surface area contributed by atoms with Crippen LogP contribution in [-0.4, -0.2) is 45.7 Å². The number of benzene rings is 2. The van der Waals surface area contributed by atoms with E-state index in [9.17, 15) is 14.4 Å². The summed E-state index contributed by atoms with van der Waals surface area (Å²) in [4.78, 5) is 45.0. The first-order chi connectivity index (χ1) is 16.5. The van der Waals surface area contributed by atoms with Gasteiger partial charge < -0.3 is 20.5 Å². The number of amides is 3. The number of para-hydroxylation sites is 1. The van der Waals surface area contributed by atoms with E-state index in [1.54, 1.807) is 11.8 Å². The highest BCUT2D eigenvalue weighted by atomic mass is 16.2. The van der Waals surface area contributed by atoms with Gasteiger partial charge in [0.1, 0.15) is 12.1 Å². The molecule has 1 saturated carbocycles. The summed E-state index contributed by atoms with van der Waals surface area (Å²) in [6.45, 7) is 1.71. The average molecular weight is 457 g/mol. The molecular formula is C27H28N4O3. The normalized spacial score (nSPS) is 22.3. The molecule has 0 saturated heterocycles. The second-order valence-electron chi connectivity index (χ2n) is 9.71. The Morgan fingerprint density at radius 1 is 1.06 bits per heavy atom. The maximum Gasteiger partial charge on any atom is 0.255 e. The number of hydrogen-bond donors (Lipinski definition) is 3. The van der Waals surface area contributed by atoms with Gasteiger partial charge in [-0.3, -0.25) is 14.4 Å². The third-order valence-electron chi connectivity index (χ3n) is 7.61. The number of nitrogens with zero attached hydrogens (tertiary/aromatic N) is 1. The van der Waals surface area contributed by atoms with Gasteiger partial charge in [-0.1, -0.05) is 49.2 Å². The van der Waals surface area contributed by atoms with Gasteiger partial charge in [0.15, 0.2) is 0 Å². The van der Waals surface area contributed by atoms with Crippen molar-refractivity contribution in [2.24, 2.45) is 0 Å². The number of carbonyl (C=O) groups excluding carboxylic acids is 3. The molecular weight excluding hydrogens is 428 g/mol. The van der Waals surface area contributed by atoms with Crippen LogP contribution in [0.4, 0.5) is 0 Å². The molecule has 7 nitrogen and oxygen atoms in total. The summed E-state index contributed by atoms with van der Waals surface area (Å²) in [5, 5.41) is 7.02. The maximum absolute atomic E-state index is 13.6. The van der Waals surface area contributed by atoms with E-state index >= 15 is 0 Å². The summed E-state index contributed by atoms with van der Waals surface area (Å²) in [6.07, 6.45) is 4.62. The van der Waals surface area contributed by atoms with Crippen LogP contribution in [0.25, 0.3) is 10.9 Å². The Kier molecular flexibility index (Phi) is 4.94. The molecule has 3 N–H and O–H groups in total. The fraction of sp³-hybridized carbons (Fsp3) is 0.370. The van der Waals surface area contributed by atoms with Crippen LogP contribution < -0.4 is 10.6 Å². The van der Waals surface area contributed by atoms with Crippen LogP contribution in [0.2, 0.25) is 0 Å². The number of aromatic amines is 1. The number of aromatic nitrogens is 1. The molecule has 3 amide bonds. The molecule has 2 aliphatic heterocycles. The van der Waals surface area contributed by atoms with Gasteiger partial charge in [0.2, 0.25) is 11.8 Å². The predicted molar refractivity (Wildman–Crippen MR) is 128 cm³/mol. The molecule has 3 aliphatic rings. The van der Waals surface area contributed by atoms with Gasteiger partial charge >= 0.3 is 0 Å². The average Bonchev–Trinajstić information content (AvgIpc) is 3.56. The highest BCUT2D eigenvalue weighted by Gasteiger charge is 2.49. The lowest BCUT2D eigenvalue weighted by atomic mass is 9.90. The molecule has 0 spiro atoms. The lowest BCUT2D eigenvalue weighted by Crippen LogP contribution is -2.56. The van der Waals surface area contributed by atoms with Crippen LogP contribution >= 0.6 is 0 Å². The molecule has 0 bridgehead atoms. The lowest BCUT2D eigenvalue weighted by Gasteiger charge is -2.37. The molecule has 2 aromatic carbocycles. The molecule has 6 rings (SSSR count). The van der Waals surface area contributed by atoms with Crippen molar-refractivity contribution in [2.75, 3.05) is 0 Å². The van der Waals surface area contributed by atoms with Gasteiger partial charge in [0, 0.05) is 34.6 Å². The monoisotopic (exact) mass is 456 g/mol. The van der Waals surface area contributed by atoms with Crippen LogP contribution in [-0.2, 0) is 16.0 Å². The van der Waals surface area contributed by atoms with E-state index in [1.165, 1.54) is 0 Å². The number of nitrogens with one attached hydrogen (secondary N) is 3. The molecule has 3 aromatic rings. The number of hydrogen-bond acceptors (Lipinski definition) is 3. The molecule has 0 unspecified atom stereocenters. The van der Waals surface area contributed by atoms with E-state index in [1.807, 2.05) is 42.5 Å². The van der Waals surface area contributed by atoms with Crippen molar-refractivity contribution >= 4 is 28.6 Å². The van der Waals surface area contributed by atoms with Crippen molar-refractivity contribution in [3.05, 3.63) is 70.9 Å². The van der Waals surface area contributed by atoms with Crippen molar-refractivity contribution in [3.63, 3.8) is 0 Å². The molecule has 3 atom stereocenters. The zero-order valence-electron chi connectivity index (χ0n) is 19.1. The second kappa shape index (κ2) is 8.01. The second-order valence-corrected chi connectivity index (χ2v) is 9.71. The van der Waals surface area contributed by atoms with E-state index in [0.717, 1.165) is 53.4 Å². The SMILES string of the molecule is C[C@H](NC(=O)[C@@H]1Cc2c([nH]c3ccccc23)[C@@H]2c3ccccc3C(=O)N21)C(=O)NC1CCCC1. The maximum atomic E-state index is 13.6. The Bertz CT molecular complexity index is 1310. The first-order valence-electron chi connectivity index (χ1n) is 12.1. The standard InChI is InChI=1S/C27H28N4O3/c1-15(25(32)29-16-8-2-3-9-16)28-26(33)22-14-20-17-10-6-7-13-21(17)30-23(20)24-18-11-4-5-12-19(18)27(34)31(22)24/h4-7,10-13,15-16,22,24,30H,2-3,8-9,14H2,1H3,(H,28,33)(H,29,32)/t15-,22-,24-/m0/s1. The summed E-state index contributed by atoms with van der Waals surface area (Å²) in [6, 6.07) is 14.1. The smallest absolute Gasteiger partial charge is 0.255 e. The van der Waals surface area contributed by atoms with Crippen LogP contribution in [0, 0.1) is 0 Å². The molecule has 0 radical (unpaired) electrons. The van der Waals surface area contributed by atoms with E-state index < -0.39 is 12.1 Å². The minimum atomic E-state index is -0.696. The summed E-state index contributed by atoms with van der Waals surface area (Å²) >= 11 is 0. The van der Waals surface area contributed by atoms with Gasteiger partial charge in [-0.05, 0) is 43.0 Å². The molecule has 1 aromatic heterocycles. The van der Waals surface area contributed by atoms with Crippen molar-refractivity contribution in [3.8, 4) is 0 Å². The Balaban J connectivity index is 1.34. The van der Waals surface area contributed by atoms with Crippen molar-refractivity contribution in [1.82, 2.24) is 20.5 Å². The Morgan fingerprint density at radius 3 is 2.62 bits per heavy atom. The van der Waals surface area contributed by atoms with Gasteiger partial charge in [-0.25, -0.2) is 0 Å². The summed E-state index contributed by atoms with van der Waals surface area (Å²) in [5.74, 6) is -0.610. The van der Waals surface area contributed by atoms with Crippen LogP contribution in [0.15, 0.2) is 48.5 Å². The predicted octanol–water partition coefficient (Wildman–Crippen LogP) is 3.20. The van der Waals surface area contributed by atoms with Crippen LogP contribution in [0.5, 0.6) is 0 Å². The lowest BCUT2D eigenvalue weighted by molar-refractivity contribution is -0.131. The molecule has 1 fully saturated rings. The Labute approximate surface area is 197 Å². The number of H-pyrrole nitrogens is 1. The summed E-state index contributed by atoms with van der Waals surface area (Å²) < 4.78 is 0. The molecule has 7 heteroatoms. The minimum absolute atomic E-state index is 0.145. The molecule has 3 heterocycles. The zero-order valence-corrected chi connectivity index (χ0v) is 19.1. The quantitative estimate of drug-likeness (QED) is 0.563. The van der Waals surface area contributed by atoms with Gasteiger partial charge in [-0.2, -0.15) is 0 Å². The largest absolute Gasteiger partial charge is 0.356 e. The summed E-state index contributed by atoms with van der Waals surface area (Å²) in [7, 11) is 0. The van der Waals surface area contributed by atoms with Crippen molar-refractivity contribution in [2.45, 2.75) is 63.2 Å². The molecule has 34 heavy (non-hydrogen) atoms. The zero-order chi connectivity index (χ0) is 23.4. The third kappa shape index (κ3) is 3.22. The fourth-order valence-electron chi connectivity index (χ4n) is 5.91. The fourth-order valence-corrected chi connectivity index (χ4v) is 5.91. The number of rotatable bonds is 4. The van der Waals surface area contributed by atoms with Gasteiger partial charge in [-0.15, -0.1) is 0 Å². The first kappa shape index (κ1) is 21.0. The van der Waals surface area contributed by atoms with E-state index in [-0.39, 0.29) is 29.8 Å². The van der Waals surface area contributed by atoms with Crippen LogP contribution in [0.3, 0.4) is 0 Å². The molecule has 174 valence electrons. The van der Waals surface area contributed by atoms with Crippen molar-refractivity contribution < 1.29 is 14.4 Å². The Hall–Kier alpha value is -3.61. The summed E-state index contributed by atoms with van der Waals surface area (Å²) in [5.41, 5.74) is 4.56. The van der Waals surface area contributed by atoms with Crippen LogP contribution in [0.1, 0.15) is 65.8 Å². The highest BCUT2D eigenvalue weighted by Crippen LogP contribution is 2.46. The van der Waals surface area contributed by atoms with Gasteiger partial charge in [0.05, 0.1) is 6.04 Å².